The van der Waals surface area contributed by atoms with Gasteiger partial charge in [0.25, 0.3) is 0 Å². The first-order valence-corrected chi connectivity index (χ1v) is 9.63. The molecule has 3 N–H and O–H groups in total. The van der Waals surface area contributed by atoms with Crippen molar-refractivity contribution in [2.75, 3.05) is 11.9 Å². The quantitative estimate of drug-likeness (QED) is 0.633. The molecule has 144 valence electrons. The molecule has 0 aliphatic heterocycles. The highest BCUT2D eigenvalue weighted by Crippen LogP contribution is 2.15. The Bertz CT molecular complexity index is 882. The standard InChI is InChI=1S/C18H20N2O6S/c1-2-26-18(23)19-14-8-10-15(11-9-14)27(24,25)20-16(17(21)22)12-13-6-4-3-5-7-13/h3-11,16,20H,2,12H2,1H3,(H,19,23)(H,21,22)/t16-/m0/s1. The first-order valence-electron chi connectivity index (χ1n) is 8.14. The second-order valence-corrected chi connectivity index (χ2v) is 7.29. The van der Waals surface area contributed by atoms with E-state index in [4.69, 9.17) is 4.74 Å². The number of carbonyl (C=O) groups excluding carboxylic acids is 1. The maximum Gasteiger partial charge on any atom is 0.411 e. The highest BCUT2D eigenvalue weighted by atomic mass is 32.2. The molecule has 0 aliphatic rings. The zero-order valence-corrected chi connectivity index (χ0v) is 15.4. The number of ether oxygens (including phenoxy) is 1. The van der Waals surface area contributed by atoms with Crippen LogP contribution < -0.4 is 10.0 Å². The summed E-state index contributed by atoms with van der Waals surface area (Å²) in [5, 5.41) is 11.8. The van der Waals surface area contributed by atoms with Crippen LogP contribution in [0.4, 0.5) is 10.5 Å². The Morgan fingerprint density at radius 2 is 1.70 bits per heavy atom. The average Bonchev–Trinajstić information content (AvgIpc) is 2.62. The van der Waals surface area contributed by atoms with E-state index in [1.54, 1.807) is 37.3 Å². The normalized spacial score (nSPS) is 12.2. The van der Waals surface area contributed by atoms with E-state index in [1.165, 1.54) is 24.3 Å². The fraction of sp³-hybridized carbons (Fsp3) is 0.222. The van der Waals surface area contributed by atoms with Crippen LogP contribution in [-0.2, 0) is 26.0 Å². The monoisotopic (exact) mass is 392 g/mol. The number of anilines is 1. The maximum absolute atomic E-state index is 12.5. The SMILES string of the molecule is CCOC(=O)Nc1ccc(S(=O)(=O)N[C@@H](Cc2ccccc2)C(=O)O)cc1. The fourth-order valence-corrected chi connectivity index (χ4v) is 3.48. The number of carbonyl (C=O) groups is 2. The maximum atomic E-state index is 12.5. The molecule has 0 unspecified atom stereocenters. The van der Waals surface area contributed by atoms with E-state index < -0.39 is 28.1 Å². The van der Waals surface area contributed by atoms with Crippen molar-refractivity contribution in [3.05, 3.63) is 60.2 Å². The third-order valence-corrected chi connectivity index (χ3v) is 5.05. The van der Waals surface area contributed by atoms with Gasteiger partial charge in [-0.3, -0.25) is 10.1 Å². The van der Waals surface area contributed by atoms with Gasteiger partial charge in [-0.15, -0.1) is 0 Å². The molecule has 0 spiro atoms. The second-order valence-electron chi connectivity index (χ2n) is 5.57. The van der Waals surface area contributed by atoms with Crippen molar-refractivity contribution in [3.8, 4) is 0 Å². The van der Waals surface area contributed by atoms with E-state index >= 15 is 0 Å². The molecule has 0 fully saturated rings. The van der Waals surface area contributed by atoms with Gasteiger partial charge in [0, 0.05) is 5.69 Å². The summed E-state index contributed by atoms with van der Waals surface area (Å²) in [5.74, 6) is -1.27. The van der Waals surface area contributed by atoms with Crippen molar-refractivity contribution >= 4 is 27.8 Å². The minimum atomic E-state index is -4.05. The largest absolute Gasteiger partial charge is 0.480 e. The number of carboxylic acids is 1. The smallest absolute Gasteiger partial charge is 0.411 e. The summed E-state index contributed by atoms with van der Waals surface area (Å²) in [7, 11) is -4.05. The molecule has 8 nitrogen and oxygen atoms in total. The number of hydrogen-bond acceptors (Lipinski definition) is 5. The summed E-state index contributed by atoms with van der Waals surface area (Å²) >= 11 is 0. The summed E-state index contributed by atoms with van der Waals surface area (Å²) in [6.07, 6.45) is -0.641. The second kappa shape index (κ2) is 9.15. The highest BCUT2D eigenvalue weighted by molar-refractivity contribution is 7.89. The van der Waals surface area contributed by atoms with Gasteiger partial charge in [-0.05, 0) is 43.2 Å². The Balaban J connectivity index is 2.11. The summed E-state index contributed by atoms with van der Waals surface area (Å²) < 4.78 is 31.9. The van der Waals surface area contributed by atoms with Crippen LogP contribution in [0.1, 0.15) is 12.5 Å². The van der Waals surface area contributed by atoms with Gasteiger partial charge in [-0.1, -0.05) is 30.3 Å². The number of nitrogens with one attached hydrogen (secondary N) is 2. The van der Waals surface area contributed by atoms with Gasteiger partial charge in [0.1, 0.15) is 6.04 Å². The summed E-state index contributed by atoms with van der Waals surface area (Å²) in [5.41, 5.74) is 1.05. The van der Waals surface area contributed by atoms with Crippen LogP contribution >= 0.6 is 0 Å². The predicted octanol–water partition coefficient (Wildman–Crippen LogP) is 2.23. The fourth-order valence-electron chi connectivity index (χ4n) is 2.29. The first kappa shape index (κ1) is 20.4. The molecule has 0 radical (unpaired) electrons. The van der Waals surface area contributed by atoms with E-state index in [2.05, 4.69) is 10.0 Å². The number of hydrogen-bond donors (Lipinski definition) is 3. The number of benzene rings is 2. The van der Waals surface area contributed by atoms with Crippen LogP contribution in [0.2, 0.25) is 0 Å². The molecular weight excluding hydrogens is 372 g/mol. The molecule has 2 rings (SSSR count). The van der Waals surface area contributed by atoms with Crippen molar-refractivity contribution in [2.45, 2.75) is 24.3 Å². The zero-order chi connectivity index (χ0) is 19.9. The lowest BCUT2D eigenvalue weighted by atomic mass is 10.1. The van der Waals surface area contributed by atoms with Crippen LogP contribution in [0, 0.1) is 0 Å². The van der Waals surface area contributed by atoms with Crippen molar-refractivity contribution in [3.63, 3.8) is 0 Å². The van der Waals surface area contributed by atoms with E-state index in [9.17, 15) is 23.1 Å². The molecule has 1 atom stereocenters. The van der Waals surface area contributed by atoms with Crippen molar-refractivity contribution in [2.24, 2.45) is 0 Å². The Morgan fingerprint density at radius 1 is 1.07 bits per heavy atom. The Labute approximate surface area is 157 Å². The molecule has 0 bridgehead atoms. The topological polar surface area (TPSA) is 122 Å². The molecule has 2 aromatic carbocycles. The lowest BCUT2D eigenvalue weighted by Gasteiger charge is -2.15. The number of sulfonamides is 1. The molecule has 0 heterocycles. The number of amides is 1. The van der Waals surface area contributed by atoms with Gasteiger partial charge in [-0.25, -0.2) is 13.2 Å². The molecule has 0 saturated heterocycles. The lowest BCUT2D eigenvalue weighted by Crippen LogP contribution is -2.42. The van der Waals surface area contributed by atoms with Gasteiger partial charge in [0.05, 0.1) is 11.5 Å². The molecule has 1 amide bonds. The predicted molar refractivity (Wildman–Crippen MR) is 99.0 cm³/mol. The molecule has 2 aromatic rings. The van der Waals surface area contributed by atoms with Gasteiger partial charge >= 0.3 is 12.1 Å². The minimum Gasteiger partial charge on any atom is -0.480 e. The number of rotatable bonds is 8. The molecule has 27 heavy (non-hydrogen) atoms. The van der Waals surface area contributed by atoms with E-state index in [0.29, 0.717) is 11.3 Å². The van der Waals surface area contributed by atoms with Gasteiger partial charge in [0.2, 0.25) is 10.0 Å². The summed E-state index contributed by atoms with van der Waals surface area (Å²) in [6, 6.07) is 12.7. The van der Waals surface area contributed by atoms with Crippen LogP contribution in [-0.4, -0.2) is 38.2 Å². The van der Waals surface area contributed by atoms with Gasteiger partial charge in [-0.2, -0.15) is 4.72 Å². The Kier molecular flexibility index (Phi) is 6.91. The van der Waals surface area contributed by atoms with E-state index in [-0.39, 0.29) is 17.9 Å². The summed E-state index contributed by atoms with van der Waals surface area (Å²) in [4.78, 5) is 22.7. The van der Waals surface area contributed by atoms with Crippen molar-refractivity contribution < 1.29 is 27.9 Å². The van der Waals surface area contributed by atoms with Crippen LogP contribution in [0.5, 0.6) is 0 Å². The average molecular weight is 392 g/mol. The third-order valence-electron chi connectivity index (χ3n) is 3.56. The highest BCUT2D eigenvalue weighted by Gasteiger charge is 2.25. The molecule has 0 aliphatic carbocycles. The van der Waals surface area contributed by atoms with Crippen molar-refractivity contribution in [1.82, 2.24) is 4.72 Å². The van der Waals surface area contributed by atoms with Gasteiger partial charge < -0.3 is 9.84 Å². The van der Waals surface area contributed by atoms with Crippen LogP contribution in [0.15, 0.2) is 59.5 Å². The van der Waals surface area contributed by atoms with Crippen LogP contribution in [0.3, 0.4) is 0 Å². The summed E-state index contributed by atoms with van der Waals surface area (Å²) in [6.45, 7) is 1.87. The number of carboxylic acid groups (broad SMARTS) is 1. The molecule has 9 heteroatoms. The first-order chi connectivity index (χ1) is 12.8. The third kappa shape index (κ3) is 6.08. The Hall–Kier alpha value is -2.91. The van der Waals surface area contributed by atoms with Crippen molar-refractivity contribution in [1.29, 1.82) is 0 Å². The Morgan fingerprint density at radius 3 is 2.26 bits per heavy atom. The molecular formula is C18H20N2O6S. The van der Waals surface area contributed by atoms with E-state index in [1.807, 2.05) is 0 Å². The van der Waals surface area contributed by atoms with Crippen LogP contribution in [0.25, 0.3) is 0 Å². The molecule has 0 aromatic heterocycles. The molecule has 0 saturated carbocycles. The van der Waals surface area contributed by atoms with Gasteiger partial charge in [0.15, 0.2) is 0 Å². The number of aliphatic carboxylic acids is 1. The minimum absolute atomic E-state index is 0.0118. The lowest BCUT2D eigenvalue weighted by molar-refractivity contribution is -0.138. The van der Waals surface area contributed by atoms with E-state index in [0.717, 1.165) is 0 Å². The zero-order valence-electron chi connectivity index (χ0n) is 14.6.